The van der Waals surface area contributed by atoms with Crippen molar-refractivity contribution in [1.29, 1.82) is 5.26 Å². The van der Waals surface area contributed by atoms with Gasteiger partial charge < -0.3 is 29.7 Å². The molecule has 0 spiro atoms. The third kappa shape index (κ3) is 8.46. The van der Waals surface area contributed by atoms with Crippen LogP contribution in [0.25, 0.3) is 22.3 Å². The van der Waals surface area contributed by atoms with E-state index in [1.165, 1.54) is 28.1 Å². The second-order valence-electron chi connectivity index (χ2n) is 14.1. The van der Waals surface area contributed by atoms with Gasteiger partial charge in [0.15, 0.2) is 58.8 Å². The molecule has 2 fully saturated rings. The Balaban J connectivity index is 0.971. The molecule has 0 aliphatic carbocycles. The summed E-state index contributed by atoms with van der Waals surface area (Å²) in [6, 6.07) is 18.8. The average Bonchev–Trinajstić information content (AvgIpc) is 4.05. The molecule has 2 aromatic carbocycles. The number of nitriles is 1. The van der Waals surface area contributed by atoms with E-state index in [2.05, 4.69) is 40.5 Å². The van der Waals surface area contributed by atoms with Crippen LogP contribution in [0, 0.1) is 11.3 Å². The van der Waals surface area contributed by atoms with Crippen LogP contribution in [-0.4, -0.2) is 105 Å². The van der Waals surface area contributed by atoms with Gasteiger partial charge in [0.05, 0.1) is 50.1 Å². The molecule has 0 saturated carbocycles. The number of ether oxygens (including phenoxy) is 2. The van der Waals surface area contributed by atoms with Crippen LogP contribution in [-0.2, 0) is 23.1 Å². The molecule has 9 atom stereocenters. The van der Waals surface area contributed by atoms with Crippen LogP contribution in [0.3, 0.4) is 0 Å². The van der Waals surface area contributed by atoms with Gasteiger partial charge in [0.25, 0.3) is 11.8 Å². The number of halogens is 2. The van der Waals surface area contributed by atoms with Crippen molar-refractivity contribution < 1.29 is 46.6 Å². The summed E-state index contributed by atoms with van der Waals surface area (Å²) in [4.78, 5) is 51.0. The second-order valence-corrected chi connectivity index (χ2v) is 16.2. The van der Waals surface area contributed by atoms with Gasteiger partial charge in [-0.3, -0.25) is 27.8 Å². The third-order valence-electron chi connectivity index (χ3n) is 10.2. The average molecular weight is 858 g/mol. The highest BCUT2D eigenvalue weighted by Gasteiger charge is 2.51. The molecule has 3 N–H and O–H groups in total. The first-order valence-corrected chi connectivity index (χ1v) is 21.0. The summed E-state index contributed by atoms with van der Waals surface area (Å²) in [7, 11) is -4.32. The van der Waals surface area contributed by atoms with Crippen molar-refractivity contribution in [2.75, 3.05) is 23.4 Å². The first kappa shape index (κ1) is 41.6. The Hall–Kier alpha value is -6.14. The normalized spacial score (nSPS) is 24.7. The maximum absolute atomic E-state index is 16.6. The molecule has 61 heavy (non-hydrogen) atoms. The van der Waals surface area contributed by atoms with Crippen molar-refractivity contribution in [3.8, 4) is 6.07 Å². The molecule has 8 rings (SSSR count). The van der Waals surface area contributed by atoms with Crippen molar-refractivity contribution in [2.24, 2.45) is 0 Å². The van der Waals surface area contributed by atoms with Gasteiger partial charge in [-0.1, -0.05) is 43.3 Å². The number of nitrogens with zero attached hydrogens (tertiary/aromatic N) is 9. The molecule has 6 aromatic rings. The Labute approximate surface area is 345 Å². The lowest BCUT2D eigenvalue weighted by atomic mass is 10.1. The lowest BCUT2D eigenvalue weighted by Gasteiger charge is -2.26. The highest BCUT2D eigenvalue weighted by Crippen LogP contribution is 2.54. The Bertz CT molecular complexity index is 2620. The number of alkyl halides is 2. The van der Waals surface area contributed by atoms with Crippen LogP contribution >= 0.6 is 7.60 Å². The van der Waals surface area contributed by atoms with Crippen LogP contribution < -0.4 is 10.6 Å². The minimum Gasteiger partial charge on any atom is -0.387 e. The molecule has 2 saturated heterocycles. The fourth-order valence-corrected chi connectivity index (χ4v) is 9.04. The molecule has 4 aromatic heterocycles. The van der Waals surface area contributed by atoms with Gasteiger partial charge in [-0.05, 0) is 37.1 Å². The predicted octanol–water partition coefficient (Wildman–Crippen LogP) is 5.31. The molecular formula is C39H38F2N11O8P. The van der Waals surface area contributed by atoms with Crippen LogP contribution in [0.1, 0.15) is 59.4 Å². The summed E-state index contributed by atoms with van der Waals surface area (Å²) in [5.74, 6) is -0.748. The number of hydrogen-bond acceptors (Lipinski definition) is 15. The molecule has 6 heterocycles. The highest BCUT2D eigenvalue weighted by molar-refractivity contribution is 7.53. The maximum atomic E-state index is 16.6. The Morgan fingerprint density at radius 3 is 1.87 bits per heavy atom. The summed E-state index contributed by atoms with van der Waals surface area (Å²) in [6.45, 7) is 1.39. The Morgan fingerprint density at radius 1 is 0.820 bits per heavy atom. The van der Waals surface area contributed by atoms with Gasteiger partial charge in [-0.15, -0.1) is 0 Å². The first-order valence-electron chi connectivity index (χ1n) is 19.2. The third-order valence-corrected chi connectivity index (χ3v) is 12.2. The molecule has 316 valence electrons. The molecule has 2 aliphatic heterocycles. The molecule has 1 unspecified atom stereocenters. The monoisotopic (exact) mass is 857 g/mol. The summed E-state index contributed by atoms with van der Waals surface area (Å²) >= 11 is 0. The smallest absolute Gasteiger partial charge is 0.331 e. The number of amides is 2. The van der Waals surface area contributed by atoms with E-state index in [-0.39, 0.29) is 59.8 Å². The number of carbonyl (C=O) groups excluding carboxylic acids is 2. The summed E-state index contributed by atoms with van der Waals surface area (Å²) in [6.07, 6.45) is -7.96. The number of hydrogen-bond donors (Lipinski definition) is 3. The SMILES string of the molecule is CC[C@H]1O[C@@H](n2cnc3c(NC(=O)c4ccccc4)ncnc32)[C@H](F)[C@@H]1OP(=O)(CC[C@H]1O[C@@H](n2cnc3c(NC(=O)c4ccccc4)ncnc32)[C@H](F)[C@@H]1O)OCCC#N. The van der Waals surface area contributed by atoms with E-state index in [0.717, 1.165) is 6.33 Å². The van der Waals surface area contributed by atoms with Gasteiger partial charge in [0, 0.05) is 11.1 Å². The standard InChI is InChI=1S/C39H38F2N11O8P/c1-2-24-31(27(41)39(58-24)52-21-48-29-33(44-19-46-35(29)52)50-37(55)23-12-7-4-8-13-23)60-61(56,57-16-9-15-42)17-14-25-30(53)26(40)38(59-25)51-20-47-28-32(43-18-45-34(28)51)49-36(54)22-10-5-3-6-11-22/h3-8,10-13,18-21,24-27,30-31,38-39,53H,2,9,14,16-17H2,1H3,(H,43,45,49,54)(H,44,46,50,55)/t24-,25-,26-,27-,30-,31-,38-,39-,61?/m1/s1. The van der Waals surface area contributed by atoms with E-state index in [1.54, 1.807) is 67.6 Å². The summed E-state index contributed by atoms with van der Waals surface area (Å²) in [5.41, 5.74) is 1.30. The van der Waals surface area contributed by atoms with Crippen molar-refractivity contribution in [1.82, 2.24) is 39.0 Å². The van der Waals surface area contributed by atoms with Crippen molar-refractivity contribution in [2.45, 2.75) is 75.4 Å². The van der Waals surface area contributed by atoms with Crippen molar-refractivity contribution in [3.05, 3.63) is 97.1 Å². The Kier molecular flexibility index (Phi) is 12.2. The van der Waals surface area contributed by atoms with E-state index >= 15 is 8.78 Å². The molecule has 0 bridgehead atoms. The number of rotatable bonds is 15. The van der Waals surface area contributed by atoms with E-state index < -0.39 is 74.8 Å². The molecule has 2 aliphatic rings. The molecule has 19 nitrogen and oxygen atoms in total. The van der Waals surface area contributed by atoms with Gasteiger partial charge in [-0.2, -0.15) is 5.26 Å². The predicted molar refractivity (Wildman–Crippen MR) is 211 cm³/mol. The number of aromatic nitrogens is 8. The largest absolute Gasteiger partial charge is 0.387 e. The lowest BCUT2D eigenvalue weighted by Crippen LogP contribution is -2.32. The van der Waals surface area contributed by atoms with Gasteiger partial charge in [-0.25, -0.2) is 38.7 Å². The van der Waals surface area contributed by atoms with Gasteiger partial charge in [0.1, 0.15) is 24.9 Å². The molecular weight excluding hydrogens is 819 g/mol. The van der Waals surface area contributed by atoms with E-state index in [0.29, 0.717) is 11.1 Å². The quantitative estimate of drug-likeness (QED) is 0.0875. The Morgan fingerprint density at radius 2 is 1.34 bits per heavy atom. The summed E-state index contributed by atoms with van der Waals surface area (Å²) in [5, 5.41) is 25.6. The highest BCUT2D eigenvalue weighted by atomic mass is 31.2. The topological polar surface area (TPSA) is 243 Å². The zero-order valence-corrected chi connectivity index (χ0v) is 33.2. The number of aliphatic hydroxyl groups is 1. The van der Waals surface area contributed by atoms with E-state index in [4.69, 9.17) is 18.5 Å². The van der Waals surface area contributed by atoms with Crippen molar-refractivity contribution in [3.63, 3.8) is 0 Å². The fraction of sp³-hybridized carbons (Fsp3) is 0.359. The zero-order valence-electron chi connectivity index (χ0n) is 32.3. The number of anilines is 2. The van der Waals surface area contributed by atoms with E-state index in [9.17, 15) is 24.5 Å². The number of carbonyl (C=O) groups is 2. The number of nitrogens with one attached hydrogen (secondary N) is 2. The lowest BCUT2D eigenvalue weighted by molar-refractivity contribution is -0.0259. The maximum Gasteiger partial charge on any atom is 0.331 e. The minimum atomic E-state index is -4.32. The van der Waals surface area contributed by atoms with Crippen molar-refractivity contribution >= 4 is 53.4 Å². The number of benzene rings is 2. The van der Waals surface area contributed by atoms with Gasteiger partial charge in [0.2, 0.25) is 0 Å². The molecule has 22 heteroatoms. The van der Waals surface area contributed by atoms with Gasteiger partial charge >= 0.3 is 7.60 Å². The van der Waals surface area contributed by atoms with Crippen LogP contribution in [0.2, 0.25) is 0 Å². The second kappa shape index (κ2) is 17.8. The molecule has 2 amide bonds. The van der Waals surface area contributed by atoms with Crippen LogP contribution in [0.4, 0.5) is 20.4 Å². The first-order chi connectivity index (χ1) is 29.6. The van der Waals surface area contributed by atoms with Crippen LogP contribution in [0.15, 0.2) is 86.0 Å². The number of fused-ring (bicyclic) bond motifs is 2. The zero-order chi connectivity index (χ0) is 42.7. The number of aliphatic hydroxyl groups excluding tert-OH is 1. The van der Waals surface area contributed by atoms with Crippen LogP contribution in [0.5, 0.6) is 0 Å². The summed E-state index contributed by atoms with van der Waals surface area (Å²) < 4.78 is 73.1. The fourth-order valence-electron chi connectivity index (χ4n) is 7.19. The minimum absolute atomic E-state index is 0.0666. The number of imidazole rings is 2. The molecule has 0 radical (unpaired) electrons. The van der Waals surface area contributed by atoms with E-state index in [1.807, 2.05) is 6.07 Å².